The Hall–Kier alpha value is -1.98. The van der Waals surface area contributed by atoms with Crippen LogP contribution < -0.4 is 4.72 Å². The SMILES string of the molecule is O=S(=O)(NC1CCCC1)c1ccc(S(=O)(=O)N2CCC(c3nc4ccc(Cl)cc4[nH]3)CC2)cc1. The van der Waals surface area contributed by atoms with Crippen molar-refractivity contribution >= 4 is 42.7 Å². The summed E-state index contributed by atoms with van der Waals surface area (Å²) >= 11 is 6.06. The molecule has 0 radical (unpaired) electrons. The summed E-state index contributed by atoms with van der Waals surface area (Å²) in [5.74, 6) is 0.977. The molecule has 2 aromatic carbocycles. The zero-order chi connectivity index (χ0) is 23.9. The van der Waals surface area contributed by atoms with Crippen molar-refractivity contribution in [2.24, 2.45) is 0 Å². The smallest absolute Gasteiger partial charge is 0.243 e. The number of fused-ring (bicyclic) bond motifs is 1. The third-order valence-electron chi connectivity index (χ3n) is 6.75. The van der Waals surface area contributed by atoms with Gasteiger partial charge in [-0.2, -0.15) is 4.31 Å². The number of hydrogen-bond donors (Lipinski definition) is 2. The summed E-state index contributed by atoms with van der Waals surface area (Å²) in [7, 11) is -7.37. The minimum absolute atomic E-state index is 0.0431. The highest BCUT2D eigenvalue weighted by Gasteiger charge is 2.31. The Morgan fingerprint density at radius 3 is 2.24 bits per heavy atom. The molecule has 1 saturated carbocycles. The highest BCUT2D eigenvalue weighted by molar-refractivity contribution is 7.89. The highest BCUT2D eigenvalue weighted by atomic mass is 35.5. The zero-order valence-electron chi connectivity index (χ0n) is 18.6. The van der Waals surface area contributed by atoms with Crippen LogP contribution in [0, 0.1) is 0 Å². The minimum atomic E-state index is -3.71. The first-order chi connectivity index (χ1) is 16.2. The van der Waals surface area contributed by atoms with E-state index in [0.717, 1.165) is 42.5 Å². The lowest BCUT2D eigenvalue weighted by atomic mass is 9.97. The average molecular weight is 523 g/mol. The van der Waals surface area contributed by atoms with Crippen molar-refractivity contribution in [2.75, 3.05) is 13.1 Å². The molecule has 3 aromatic rings. The molecule has 1 aliphatic heterocycles. The number of hydrogen-bond acceptors (Lipinski definition) is 5. The Labute approximate surface area is 204 Å². The fourth-order valence-corrected chi connectivity index (χ4v) is 7.78. The standard InChI is InChI=1S/C23H27ClN4O4S2/c24-17-5-10-21-22(15-17)26-23(25-21)16-11-13-28(14-12-16)34(31,32)20-8-6-19(7-9-20)33(29,30)27-18-3-1-2-4-18/h5-10,15-16,18,27H,1-4,11-14H2,(H,25,26). The van der Waals surface area contributed by atoms with Crippen molar-refractivity contribution in [3.8, 4) is 0 Å². The first-order valence-electron chi connectivity index (χ1n) is 11.5. The fraction of sp³-hybridized carbons (Fsp3) is 0.435. The Kier molecular flexibility index (Phi) is 6.45. The van der Waals surface area contributed by atoms with Crippen LogP contribution in [0.2, 0.25) is 5.02 Å². The first-order valence-corrected chi connectivity index (χ1v) is 14.8. The number of benzene rings is 2. The summed E-state index contributed by atoms with van der Waals surface area (Å²) in [5.41, 5.74) is 1.71. The second-order valence-electron chi connectivity index (χ2n) is 9.04. The van der Waals surface area contributed by atoms with Gasteiger partial charge in [-0.05, 0) is 68.1 Å². The molecule has 1 aliphatic carbocycles. The topological polar surface area (TPSA) is 112 Å². The molecular formula is C23H27ClN4O4S2. The van der Waals surface area contributed by atoms with Crippen molar-refractivity contribution < 1.29 is 16.8 Å². The number of aromatic amines is 1. The van der Waals surface area contributed by atoms with Gasteiger partial charge < -0.3 is 4.98 Å². The molecule has 2 heterocycles. The van der Waals surface area contributed by atoms with Gasteiger partial charge in [0.25, 0.3) is 0 Å². The Bertz CT molecular complexity index is 1390. The summed E-state index contributed by atoms with van der Waals surface area (Å²) in [6, 6.07) is 11.0. The third kappa shape index (κ3) is 4.74. The summed E-state index contributed by atoms with van der Waals surface area (Å²) < 4.78 is 55.8. The minimum Gasteiger partial charge on any atom is -0.342 e. The van der Waals surface area contributed by atoms with Crippen LogP contribution in [0.1, 0.15) is 50.3 Å². The lowest BCUT2D eigenvalue weighted by Crippen LogP contribution is -2.38. The zero-order valence-corrected chi connectivity index (χ0v) is 21.0. The van der Waals surface area contributed by atoms with Gasteiger partial charge in [-0.1, -0.05) is 24.4 Å². The van der Waals surface area contributed by atoms with Gasteiger partial charge in [0.05, 0.1) is 20.8 Å². The molecular weight excluding hydrogens is 496 g/mol. The molecule has 2 fully saturated rings. The lowest BCUT2D eigenvalue weighted by molar-refractivity contribution is 0.314. The van der Waals surface area contributed by atoms with E-state index in [9.17, 15) is 16.8 Å². The molecule has 0 spiro atoms. The van der Waals surface area contributed by atoms with Gasteiger partial charge in [-0.15, -0.1) is 0 Å². The van der Waals surface area contributed by atoms with Gasteiger partial charge in [0.2, 0.25) is 20.0 Å². The predicted molar refractivity (Wildman–Crippen MR) is 131 cm³/mol. The lowest BCUT2D eigenvalue weighted by Gasteiger charge is -2.30. The first kappa shape index (κ1) is 23.7. The Morgan fingerprint density at radius 1 is 0.912 bits per heavy atom. The van der Waals surface area contributed by atoms with E-state index in [4.69, 9.17) is 11.6 Å². The van der Waals surface area contributed by atoms with Crippen LogP contribution in [0.25, 0.3) is 11.0 Å². The third-order valence-corrected chi connectivity index (χ3v) is 10.4. The molecule has 34 heavy (non-hydrogen) atoms. The monoisotopic (exact) mass is 522 g/mol. The van der Waals surface area contributed by atoms with E-state index in [1.54, 1.807) is 6.07 Å². The quantitative estimate of drug-likeness (QED) is 0.508. The molecule has 11 heteroatoms. The number of halogens is 1. The number of rotatable bonds is 6. The summed E-state index contributed by atoms with van der Waals surface area (Å²) in [6.07, 6.45) is 5.00. The van der Waals surface area contributed by atoms with Crippen molar-refractivity contribution in [3.05, 3.63) is 53.3 Å². The van der Waals surface area contributed by atoms with Crippen LogP contribution in [0.15, 0.2) is 52.3 Å². The van der Waals surface area contributed by atoms with Crippen molar-refractivity contribution in [2.45, 2.75) is 60.3 Å². The highest BCUT2D eigenvalue weighted by Crippen LogP contribution is 2.31. The van der Waals surface area contributed by atoms with Crippen LogP contribution in [-0.2, 0) is 20.0 Å². The summed E-state index contributed by atoms with van der Waals surface area (Å²) in [4.78, 5) is 8.14. The van der Waals surface area contributed by atoms with Crippen molar-refractivity contribution in [3.63, 3.8) is 0 Å². The molecule has 1 saturated heterocycles. The maximum absolute atomic E-state index is 13.2. The number of nitrogens with zero attached hydrogens (tertiary/aromatic N) is 2. The van der Waals surface area contributed by atoms with Crippen LogP contribution >= 0.6 is 11.6 Å². The largest absolute Gasteiger partial charge is 0.342 e. The van der Waals surface area contributed by atoms with E-state index >= 15 is 0 Å². The second-order valence-corrected chi connectivity index (χ2v) is 13.1. The number of aromatic nitrogens is 2. The molecule has 0 atom stereocenters. The van der Waals surface area contributed by atoms with Gasteiger partial charge in [0, 0.05) is 30.1 Å². The molecule has 5 rings (SSSR count). The van der Waals surface area contributed by atoms with Gasteiger partial charge in [0.1, 0.15) is 5.82 Å². The van der Waals surface area contributed by atoms with Gasteiger partial charge >= 0.3 is 0 Å². The fourth-order valence-electron chi connectivity index (χ4n) is 4.84. The average Bonchev–Trinajstić information content (AvgIpc) is 3.48. The van der Waals surface area contributed by atoms with E-state index in [-0.39, 0.29) is 21.8 Å². The van der Waals surface area contributed by atoms with Crippen LogP contribution in [0.4, 0.5) is 0 Å². The van der Waals surface area contributed by atoms with E-state index < -0.39 is 20.0 Å². The number of imidazole rings is 1. The predicted octanol–water partition coefficient (Wildman–Crippen LogP) is 4.01. The number of sulfonamides is 2. The van der Waals surface area contributed by atoms with E-state index in [0.29, 0.717) is 31.0 Å². The molecule has 1 aromatic heterocycles. The number of piperidine rings is 1. The summed E-state index contributed by atoms with van der Waals surface area (Å²) in [6.45, 7) is 0.738. The molecule has 8 nitrogen and oxygen atoms in total. The van der Waals surface area contributed by atoms with E-state index in [1.165, 1.54) is 28.6 Å². The molecule has 0 unspecified atom stereocenters. The van der Waals surface area contributed by atoms with Crippen LogP contribution in [0.5, 0.6) is 0 Å². The molecule has 0 amide bonds. The van der Waals surface area contributed by atoms with Crippen molar-refractivity contribution in [1.29, 1.82) is 0 Å². The number of nitrogens with one attached hydrogen (secondary N) is 2. The molecule has 182 valence electrons. The maximum Gasteiger partial charge on any atom is 0.243 e. The maximum atomic E-state index is 13.2. The Morgan fingerprint density at radius 2 is 1.56 bits per heavy atom. The molecule has 2 N–H and O–H groups in total. The van der Waals surface area contributed by atoms with Crippen LogP contribution in [0.3, 0.4) is 0 Å². The normalized spacial score (nSPS) is 19.2. The number of H-pyrrole nitrogens is 1. The molecule has 2 aliphatic rings. The van der Waals surface area contributed by atoms with E-state index in [1.807, 2.05) is 12.1 Å². The Balaban J connectivity index is 1.26. The second kappa shape index (κ2) is 9.23. The van der Waals surface area contributed by atoms with Crippen LogP contribution in [-0.4, -0.2) is 50.2 Å². The van der Waals surface area contributed by atoms with Gasteiger partial charge in [0.15, 0.2) is 0 Å². The van der Waals surface area contributed by atoms with Crippen molar-refractivity contribution in [1.82, 2.24) is 19.0 Å². The van der Waals surface area contributed by atoms with Gasteiger partial charge in [-0.3, -0.25) is 0 Å². The van der Waals surface area contributed by atoms with E-state index in [2.05, 4.69) is 14.7 Å². The molecule has 0 bridgehead atoms. The van der Waals surface area contributed by atoms with Gasteiger partial charge in [-0.25, -0.2) is 26.5 Å². The summed E-state index contributed by atoms with van der Waals surface area (Å²) in [5, 5.41) is 0.636.